The Hall–Kier alpha value is -0.940. The summed E-state index contributed by atoms with van der Waals surface area (Å²) in [5, 5.41) is 6.15. The van der Waals surface area contributed by atoms with E-state index in [1.807, 2.05) is 6.07 Å². The van der Waals surface area contributed by atoms with Gasteiger partial charge in [0, 0.05) is 19.7 Å². The van der Waals surface area contributed by atoms with Crippen LogP contribution in [-0.4, -0.2) is 12.0 Å². The van der Waals surface area contributed by atoms with Crippen LogP contribution in [0.25, 0.3) is 0 Å². The lowest BCUT2D eigenvalue weighted by molar-refractivity contribution is 0.904. The van der Waals surface area contributed by atoms with E-state index in [2.05, 4.69) is 31.4 Å². The second kappa shape index (κ2) is 5.82. The van der Waals surface area contributed by atoms with E-state index in [-0.39, 0.29) is 4.61 Å². The number of nitrogens with zero attached hydrogens (tertiary/aromatic N) is 2. The van der Waals surface area contributed by atoms with E-state index in [9.17, 15) is 4.91 Å². The molecule has 0 aliphatic rings. The molecule has 0 atom stereocenters. The maximum absolute atomic E-state index is 10.3. The molecule has 0 aromatic carbocycles. The zero-order valence-corrected chi connectivity index (χ0v) is 10.3. The molecule has 0 unspecified atom stereocenters. The van der Waals surface area contributed by atoms with Crippen LogP contribution in [0.4, 0.5) is 0 Å². The first kappa shape index (κ1) is 12.1. The van der Waals surface area contributed by atoms with Crippen LogP contribution < -0.4 is 5.32 Å². The van der Waals surface area contributed by atoms with Crippen molar-refractivity contribution in [1.82, 2.24) is 10.3 Å². The van der Waals surface area contributed by atoms with Crippen LogP contribution in [0.2, 0.25) is 5.15 Å². The molecule has 1 rings (SSSR count). The molecule has 80 valence electrons. The number of pyridine rings is 1. The third kappa shape index (κ3) is 3.60. The van der Waals surface area contributed by atoms with Gasteiger partial charge < -0.3 is 5.32 Å². The van der Waals surface area contributed by atoms with Crippen molar-refractivity contribution in [2.45, 2.75) is 6.42 Å². The van der Waals surface area contributed by atoms with Crippen LogP contribution in [0, 0.1) is 4.91 Å². The number of rotatable bonds is 4. The van der Waals surface area contributed by atoms with Gasteiger partial charge in [0.15, 0.2) is 4.61 Å². The molecule has 1 heterocycles. The summed E-state index contributed by atoms with van der Waals surface area (Å²) < 4.78 is 0.264. The third-order valence-electron chi connectivity index (χ3n) is 1.80. The van der Waals surface area contributed by atoms with Gasteiger partial charge in [-0.05, 0) is 32.7 Å². The molecule has 0 fully saturated rings. The van der Waals surface area contributed by atoms with Gasteiger partial charge in [-0.25, -0.2) is 4.98 Å². The van der Waals surface area contributed by atoms with E-state index in [0.717, 1.165) is 5.56 Å². The molecule has 1 N–H and O–H groups in total. The molecule has 0 aliphatic heterocycles. The first-order chi connectivity index (χ1) is 7.17. The lowest BCUT2D eigenvalue weighted by Gasteiger charge is -2.06. The molecule has 6 heteroatoms. The predicted octanol–water partition coefficient (Wildman–Crippen LogP) is 2.83. The minimum absolute atomic E-state index is 0.264. The van der Waals surface area contributed by atoms with Crippen molar-refractivity contribution in [3.63, 3.8) is 0 Å². The Balaban J connectivity index is 2.84. The highest BCUT2D eigenvalue weighted by molar-refractivity contribution is 9.11. The van der Waals surface area contributed by atoms with Crippen molar-refractivity contribution in [2.75, 3.05) is 7.05 Å². The van der Waals surface area contributed by atoms with E-state index < -0.39 is 0 Å². The van der Waals surface area contributed by atoms with E-state index >= 15 is 0 Å². The Morgan fingerprint density at radius 2 is 2.40 bits per heavy atom. The fourth-order valence-electron chi connectivity index (χ4n) is 1.03. The number of likely N-dealkylation sites (N-methyl/N-ethyl adjacent to an activating group) is 1. The van der Waals surface area contributed by atoms with Crippen molar-refractivity contribution < 1.29 is 0 Å². The van der Waals surface area contributed by atoms with Gasteiger partial charge in [0.25, 0.3) is 0 Å². The zero-order chi connectivity index (χ0) is 11.3. The quantitative estimate of drug-likeness (QED) is 0.527. The molecular formula is C9H9BrClN3O. The molecule has 0 bridgehead atoms. The van der Waals surface area contributed by atoms with Crippen LogP contribution in [-0.2, 0) is 6.42 Å². The molecule has 1 aromatic heterocycles. The van der Waals surface area contributed by atoms with E-state index in [1.165, 1.54) is 0 Å². The zero-order valence-electron chi connectivity index (χ0n) is 8.00. The Bertz CT molecular complexity index is 377. The number of aromatic nitrogens is 1. The second-order valence-electron chi connectivity index (χ2n) is 2.78. The minimum atomic E-state index is 0.264. The maximum Gasteiger partial charge on any atom is 0.169 e. The van der Waals surface area contributed by atoms with Crippen LogP contribution >= 0.6 is 27.5 Å². The predicted molar refractivity (Wildman–Crippen MR) is 63.8 cm³/mol. The summed E-state index contributed by atoms with van der Waals surface area (Å²) in [6.07, 6.45) is 2.21. The highest BCUT2D eigenvalue weighted by Crippen LogP contribution is 2.16. The molecule has 0 spiro atoms. The molecule has 0 amide bonds. The summed E-state index contributed by atoms with van der Waals surface area (Å²) in [4.78, 5) is 14.3. The summed E-state index contributed by atoms with van der Waals surface area (Å²) in [5.41, 5.74) is 1.65. The average molecular weight is 291 g/mol. The Morgan fingerprint density at radius 1 is 1.67 bits per heavy atom. The Kier molecular flexibility index (Phi) is 4.71. The van der Waals surface area contributed by atoms with Crippen molar-refractivity contribution in [1.29, 1.82) is 0 Å². The van der Waals surface area contributed by atoms with Crippen molar-refractivity contribution in [3.05, 3.63) is 44.3 Å². The first-order valence-corrected chi connectivity index (χ1v) is 5.34. The summed E-state index contributed by atoms with van der Waals surface area (Å²) in [6, 6.07) is 3.55. The summed E-state index contributed by atoms with van der Waals surface area (Å²) >= 11 is 8.72. The smallest absolute Gasteiger partial charge is 0.169 e. The highest BCUT2D eigenvalue weighted by Gasteiger charge is 2.04. The maximum atomic E-state index is 10.3. The molecule has 4 nitrogen and oxygen atoms in total. The third-order valence-corrected chi connectivity index (χ3v) is 2.65. The molecule has 0 saturated heterocycles. The Morgan fingerprint density at radius 3 is 2.87 bits per heavy atom. The lowest BCUT2D eigenvalue weighted by Crippen LogP contribution is -2.09. The number of nitrogens with one attached hydrogen (secondary N) is 1. The fraction of sp³-hybridized carbons (Fsp3) is 0.222. The van der Waals surface area contributed by atoms with Gasteiger partial charge in [0.05, 0.1) is 5.70 Å². The number of hydrogen-bond donors (Lipinski definition) is 1. The van der Waals surface area contributed by atoms with Crippen molar-refractivity contribution in [3.8, 4) is 0 Å². The fourth-order valence-corrected chi connectivity index (χ4v) is 1.48. The number of halogens is 2. The lowest BCUT2D eigenvalue weighted by atomic mass is 10.2. The van der Waals surface area contributed by atoms with Gasteiger partial charge in [-0.2, -0.15) is 0 Å². The normalized spacial score (nSPS) is 11.9. The molecule has 0 saturated carbocycles. The number of nitroso groups, excluding NO2 is 1. The van der Waals surface area contributed by atoms with E-state index in [0.29, 0.717) is 17.3 Å². The molecular weight excluding hydrogens is 281 g/mol. The van der Waals surface area contributed by atoms with Gasteiger partial charge in [0.2, 0.25) is 0 Å². The van der Waals surface area contributed by atoms with Gasteiger partial charge in [0.1, 0.15) is 5.15 Å². The van der Waals surface area contributed by atoms with E-state index in [1.54, 1.807) is 19.3 Å². The largest absolute Gasteiger partial charge is 0.389 e. The molecule has 15 heavy (non-hydrogen) atoms. The van der Waals surface area contributed by atoms with Gasteiger partial charge in [-0.3, -0.25) is 0 Å². The SMILES string of the molecule is CN/C(Cc1ccc(Cl)nc1)=C(/Br)N=O. The first-order valence-electron chi connectivity index (χ1n) is 4.17. The van der Waals surface area contributed by atoms with Gasteiger partial charge in [-0.1, -0.05) is 17.7 Å². The highest BCUT2D eigenvalue weighted by atomic mass is 79.9. The minimum Gasteiger partial charge on any atom is -0.389 e. The standard InChI is InChI=1S/C9H9BrClN3O/c1-12-7(9(10)14-15)4-6-2-3-8(11)13-5-6/h2-3,5,12H,4H2,1H3/b9-7-. The van der Waals surface area contributed by atoms with Crippen LogP contribution in [0.1, 0.15) is 5.56 Å². The van der Waals surface area contributed by atoms with Crippen molar-refractivity contribution >= 4 is 27.5 Å². The number of hydrogen-bond acceptors (Lipinski definition) is 4. The summed E-state index contributed by atoms with van der Waals surface area (Å²) in [5.74, 6) is 0. The molecule has 0 aliphatic carbocycles. The van der Waals surface area contributed by atoms with Gasteiger partial charge in [-0.15, -0.1) is 4.91 Å². The van der Waals surface area contributed by atoms with E-state index in [4.69, 9.17) is 11.6 Å². The van der Waals surface area contributed by atoms with Crippen molar-refractivity contribution in [2.24, 2.45) is 5.18 Å². The monoisotopic (exact) mass is 289 g/mol. The second-order valence-corrected chi connectivity index (χ2v) is 3.91. The van der Waals surface area contributed by atoms with Crippen LogP contribution in [0.15, 0.2) is 33.8 Å². The number of allylic oxidation sites excluding steroid dienone is 1. The average Bonchev–Trinajstić information content (AvgIpc) is 2.27. The Labute approximate surface area is 101 Å². The van der Waals surface area contributed by atoms with Crippen LogP contribution in [0.3, 0.4) is 0 Å². The van der Waals surface area contributed by atoms with Gasteiger partial charge >= 0.3 is 0 Å². The van der Waals surface area contributed by atoms with Crippen LogP contribution in [0.5, 0.6) is 0 Å². The molecule has 1 aromatic rings. The summed E-state index contributed by atoms with van der Waals surface area (Å²) in [7, 11) is 1.73. The molecule has 0 radical (unpaired) electrons. The summed E-state index contributed by atoms with van der Waals surface area (Å²) in [6.45, 7) is 0. The topological polar surface area (TPSA) is 54.4 Å².